The van der Waals surface area contributed by atoms with Crippen LogP contribution in [0.1, 0.15) is 24.3 Å². The smallest absolute Gasteiger partial charge is 0.224 e. The van der Waals surface area contributed by atoms with Gasteiger partial charge >= 0.3 is 0 Å². The molecule has 1 saturated heterocycles. The van der Waals surface area contributed by atoms with Crippen LogP contribution in [0.3, 0.4) is 0 Å². The predicted molar refractivity (Wildman–Crippen MR) is 103 cm³/mol. The quantitative estimate of drug-likeness (QED) is 0.785. The van der Waals surface area contributed by atoms with Crippen molar-refractivity contribution in [2.24, 2.45) is 0 Å². The number of carbonyl (C=O) groups is 1. The molecule has 0 saturated carbocycles. The molecule has 1 fully saturated rings. The van der Waals surface area contributed by atoms with Gasteiger partial charge in [0.15, 0.2) is 0 Å². The number of hydrogen-bond acceptors (Lipinski definition) is 2. The van der Waals surface area contributed by atoms with E-state index in [2.05, 4.69) is 30.3 Å². The topological polar surface area (TPSA) is 45.5 Å². The first kappa shape index (κ1) is 16.9. The van der Waals surface area contributed by atoms with Crippen LogP contribution < -0.4 is 0 Å². The fraction of sp³-hybridized carbons (Fsp3) is 0.318. The van der Waals surface area contributed by atoms with Crippen molar-refractivity contribution < 1.29 is 9.90 Å². The lowest BCUT2D eigenvalue weighted by atomic mass is 9.86. The van der Waals surface area contributed by atoms with Crippen molar-refractivity contribution in [2.45, 2.75) is 31.4 Å². The Morgan fingerprint density at radius 1 is 1.04 bits per heavy atom. The van der Waals surface area contributed by atoms with E-state index in [1.165, 1.54) is 10.8 Å². The van der Waals surface area contributed by atoms with Gasteiger partial charge in [0.2, 0.25) is 5.91 Å². The number of benzene rings is 2. The number of β-amino-alcohol motifs (C(OH)–C–C–N with tert-alkyl or cyclic N) is 1. The fourth-order valence-corrected chi connectivity index (χ4v) is 3.89. The lowest BCUT2D eigenvalue weighted by molar-refractivity contribution is -0.134. The van der Waals surface area contributed by atoms with E-state index in [1.807, 2.05) is 46.1 Å². The summed E-state index contributed by atoms with van der Waals surface area (Å²) < 4.78 is 2.01. The SMILES string of the molecule is O=C(CCn1cccc1)N1CC[C@@H](c2ccc3ccccc3c2)[C@H](O)C1. The Kier molecular flexibility index (Phi) is 4.76. The summed E-state index contributed by atoms with van der Waals surface area (Å²) in [7, 11) is 0. The molecule has 4 rings (SSSR count). The van der Waals surface area contributed by atoms with Crippen LogP contribution >= 0.6 is 0 Å². The third-order valence-electron chi connectivity index (χ3n) is 5.39. The molecule has 4 heteroatoms. The number of amides is 1. The van der Waals surface area contributed by atoms with Gasteiger partial charge in [-0.3, -0.25) is 4.79 Å². The molecule has 0 unspecified atom stereocenters. The molecule has 0 aliphatic carbocycles. The number of aliphatic hydroxyl groups is 1. The number of rotatable bonds is 4. The fourth-order valence-electron chi connectivity index (χ4n) is 3.89. The number of carbonyl (C=O) groups excluding carboxylic acids is 1. The molecule has 2 aromatic carbocycles. The summed E-state index contributed by atoms with van der Waals surface area (Å²) in [6.45, 7) is 1.81. The van der Waals surface area contributed by atoms with Gasteiger partial charge < -0.3 is 14.6 Å². The van der Waals surface area contributed by atoms with Crippen molar-refractivity contribution >= 4 is 16.7 Å². The third-order valence-corrected chi connectivity index (χ3v) is 5.39. The highest BCUT2D eigenvalue weighted by Crippen LogP contribution is 2.30. The molecule has 1 aromatic heterocycles. The van der Waals surface area contributed by atoms with E-state index in [4.69, 9.17) is 0 Å². The minimum absolute atomic E-state index is 0.0908. The zero-order chi connectivity index (χ0) is 17.9. The number of nitrogens with zero attached hydrogens (tertiary/aromatic N) is 2. The monoisotopic (exact) mass is 348 g/mol. The number of piperidine rings is 1. The largest absolute Gasteiger partial charge is 0.391 e. The van der Waals surface area contributed by atoms with Gasteiger partial charge in [0.05, 0.1) is 6.10 Å². The second kappa shape index (κ2) is 7.34. The second-order valence-corrected chi connectivity index (χ2v) is 7.08. The highest BCUT2D eigenvalue weighted by Gasteiger charge is 2.31. The Morgan fingerprint density at radius 3 is 2.58 bits per heavy atom. The molecule has 0 spiro atoms. The van der Waals surface area contributed by atoms with Crippen LogP contribution in [-0.4, -0.2) is 39.7 Å². The molecule has 1 aliphatic rings. The Hall–Kier alpha value is -2.59. The molecule has 3 aromatic rings. The zero-order valence-corrected chi connectivity index (χ0v) is 14.8. The summed E-state index contributed by atoms with van der Waals surface area (Å²) >= 11 is 0. The van der Waals surface area contributed by atoms with E-state index in [0.29, 0.717) is 26.1 Å². The molecule has 2 heterocycles. The summed E-state index contributed by atoms with van der Waals surface area (Å²) in [5.41, 5.74) is 1.16. The summed E-state index contributed by atoms with van der Waals surface area (Å²) in [5.74, 6) is 0.211. The molecule has 2 atom stereocenters. The normalized spacial score (nSPS) is 20.4. The number of aromatic nitrogens is 1. The van der Waals surface area contributed by atoms with Crippen LogP contribution in [0.2, 0.25) is 0 Å². The Morgan fingerprint density at radius 2 is 1.81 bits per heavy atom. The van der Waals surface area contributed by atoms with Gasteiger partial charge in [-0.05, 0) is 34.9 Å². The number of aryl methyl sites for hydroxylation is 1. The maximum absolute atomic E-state index is 12.5. The Balaban J connectivity index is 1.40. The van der Waals surface area contributed by atoms with E-state index in [1.54, 1.807) is 0 Å². The van der Waals surface area contributed by atoms with Crippen molar-refractivity contribution in [3.8, 4) is 0 Å². The molecule has 26 heavy (non-hydrogen) atoms. The first-order chi connectivity index (χ1) is 12.7. The molecule has 1 N–H and O–H groups in total. The van der Waals surface area contributed by atoms with E-state index < -0.39 is 6.10 Å². The standard InChI is InChI=1S/C22H24N2O2/c25-21-16-24(22(26)10-13-23-11-3-4-12-23)14-9-20(21)19-8-7-17-5-1-2-6-18(17)15-19/h1-8,11-12,15,20-21,25H,9-10,13-14,16H2/t20-,21+/m0/s1. The van der Waals surface area contributed by atoms with Gasteiger partial charge in [-0.1, -0.05) is 42.5 Å². The molecule has 1 amide bonds. The van der Waals surface area contributed by atoms with Crippen molar-refractivity contribution in [1.29, 1.82) is 0 Å². The van der Waals surface area contributed by atoms with Crippen LogP contribution in [0, 0.1) is 0 Å². The van der Waals surface area contributed by atoms with Crippen LogP contribution in [0.25, 0.3) is 10.8 Å². The lowest BCUT2D eigenvalue weighted by Crippen LogP contribution is -2.45. The average Bonchev–Trinajstić information content (AvgIpc) is 3.19. The lowest BCUT2D eigenvalue weighted by Gasteiger charge is -2.36. The van der Waals surface area contributed by atoms with Gasteiger partial charge in [-0.2, -0.15) is 0 Å². The van der Waals surface area contributed by atoms with Crippen LogP contribution in [-0.2, 0) is 11.3 Å². The number of hydrogen-bond donors (Lipinski definition) is 1. The van der Waals surface area contributed by atoms with Crippen LogP contribution in [0.15, 0.2) is 67.0 Å². The maximum atomic E-state index is 12.5. The molecular formula is C22H24N2O2. The minimum Gasteiger partial charge on any atom is -0.391 e. The van der Waals surface area contributed by atoms with E-state index in [-0.39, 0.29) is 11.8 Å². The van der Waals surface area contributed by atoms with Gasteiger partial charge in [0, 0.05) is 44.4 Å². The highest BCUT2D eigenvalue weighted by atomic mass is 16.3. The third kappa shape index (κ3) is 3.51. The number of aliphatic hydroxyl groups excluding tert-OH is 1. The second-order valence-electron chi connectivity index (χ2n) is 7.08. The molecule has 4 nitrogen and oxygen atoms in total. The molecule has 1 aliphatic heterocycles. The van der Waals surface area contributed by atoms with E-state index >= 15 is 0 Å². The molecular weight excluding hydrogens is 324 g/mol. The van der Waals surface area contributed by atoms with Gasteiger partial charge in [-0.15, -0.1) is 0 Å². The van der Waals surface area contributed by atoms with E-state index in [9.17, 15) is 9.90 Å². The van der Waals surface area contributed by atoms with E-state index in [0.717, 1.165) is 12.0 Å². The summed E-state index contributed by atoms with van der Waals surface area (Å²) in [5, 5.41) is 13.1. The van der Waals surface area contributed by atoms with Gasteiger partial charge in [0.1, 0.15) is 0 Å². The zero-order valence-electron chi connectivity index (χ0n) is 14.8. The predicted octanol–water partition coefficient (Wildman–Crippen LogP) is 3.41. The van der Waals surface area contributed by atoms with Crippen LogP contribution in [0.4, 0.5) is 0 Å². The molecule has 0 radical (unpaired) electrons. The highest BCUT2D eigenvalue weighted by molar-refractivity contribution is 5.83. The van der Waals surface area contributed by atoms with Gasteiger partial charge in [-0.25, -0.2) is 0 Å². The molecule has 0 bridgehead atoms. The summed E-state index contributed by atoms with van der Waals surface area (Å²) in [6, 6.07) is 18.6. The maximum Gasteiger partial charge on any atom is 0.224 e. The average molecular weight is 348 g/mol. The Bertz CT molecular complexity index is 888. The van der Waals surface area contributed by atoms with Crippen LogP contribution in [0.5, 0.6) is 0 Å². The number of fused-ring (bicyclic) bond motifs is 1. The molecule has 134 valence electrons. The minimum atomic E-state index is -0.513. The summed E-state index contributed by atoms with van der Waals surface area (Å²) in [4.78, 5) is 14.3. The number of likely N-dealkylation sites (tertiary alicyclic amines) is 1. The Labute approximate surface area is 153 Å². The summed E-state index contributed by atoms with van der Waals surface area (Å²) in [6.07, 6.45) is 4.69. The van der Waals surface area contributed by atoms with Crippen molar-refractivity contribution in [3.63, 3.8) is 0 Å². The van der Waals surface area contributed by atoms with Crippen molar-refractivity contribution in [3.05, 3.63) is 72.6 Å². The first-order valence-corrected chi connectivity index (χ1v) is 9.26. The van der Waals surface area contributed by atoms with Gasteiger partial charge in [0.25, 0.3) is 0 Å². The van der Waals surface area contributed by atoms with Crippen molar-refractivity contribution in [2.75, 3.05) is 13.1 Å². The van der Waals surface area contributed by atoms with Crippen molar-refractivity contribution in [1.82, 2.24) is 9.47 Å². The first-order valence-electron chi connectivity index (χ1n) is 9.26.